The van der Waals surface area contributed by atoms with Crippen molar-refractivity contribution in [1.29, 1.82) is 0 Å². The fraction of sp³-hybridized carbons (Fsp3) is 0. The van der Waals surface area contributed by atoms with Crippen LogP contribution in [-0.2, 0) is 52.0 Å². The molecule has 0 unspecified atom stereocenters. The van der Waals surface area contributed by atoms with Gasteiger partial charge in [-0.2, -0.15) is 42.1 Å². The molecule has 20 N–H and O–H groups in total. The van der Waals surface area contributed by atoms with Crippen LogP contribution in [0, 0.1) is 0 Å². The van der Waals surface area contributed by atoms with Crippen LogP contribution in [0.5, 0.6) is 0 Å². The van der Waals surface area contributed by atoms with E-state index in [0.29, 0.717) is 0 Å². The third-order valence-corrected chi connectivity index (χ3v) is 0. The molecule has 0 aliphatic carbocycles. The zero-order valence-corrected chi connectivity index (χ0v) is 17.2. The number of hydrogen-bond acceptors (Lipinski definition) is 10. The predicted octanol–water partition coefficient (Wildman–Crippen LogP) is -10.1. The molecule has 0 bridgehead atoms. The molecule has 0 aromatic carbocycles. The molecule has 0 fully saturated rings. The van der Waals surface area contributed by atoms with Crippen LogP contribution in [0.4, 0.5) is 0 Å². The van der Waals surface area contributed by atoms with Crippen molar-refractivity contribution in [1.82, 2.24) is 0 Å². The first-order chi connectivity index (χ1) is 10.0. The fourth-order valence-electron chi connectivity index (χ4n) is 0. The SMILES string of the molecule is O.O.O.O.O.O=S(=O)(O)O.O=S(=O)(O)O.O=S(=O)(O)O.O=S(=O)(O)O.O=S(=O)(O)O.[CaH2].[CaH2].[CaH2]. The molecule has 212 valence electrons. The second kappa shape index (κ2) is 37.1. The first kappa shape index (κ1) is 83.4. The Kier molecular flexibility index (Phi) is 93.7. The minimum absolute atomic E-state index is 0. The van der Waals surface area contributed by atoms with Crippen molar-refractivity contribution in [3.63, 3.8) is 0 Å². The zero-order valence-electron chi connectivity index (χ0n) is 13.1. The van der Waals surface area contributed by atoms with Crippen molar-refractivity contribution in [2.45, 2.75) is 0 Å². The Morgan fingerprint density at radius 2 is 0.242 bits per heavy atom. The maximum atomic E-state index is 8.74. The predicted molar refractivity (Wildman–Crippen MR) is 115 cm³/mol. The summed E-state index contributed by atoms with van der Waals surface area (Å²) in [6.45, 7) is 0. The molecule has 0 aromatic rings. The van der Waals surface area contributed by atoms with Crippen LogP contribution in [0.3, 0.4) is 0 Å². The standard InChI is InChI=1S/3Ca.5H2O4S.5H2O.6H/c;;;5*1-5(2,3)4;;;;;;;;;;;/h;;;5*(H2,1,2,3,4);5*1H2;;;;;;. The molecule has 0 saturated carbocycles. The Labute approximate surface area is 275 Å². The Morgan fingerprint density at radius 1 is 0.242 bits per heavy atom. The van der Waals surface area contributed by atoms with Crippen LogP contribution in [0.25, 0.3) is 0 Å². The Bertz CT molecular complexity index is 624. The third kappa shape index (κ3) is 4410. The summed E-state index contributed by atoms with van der Waals surface area (Å²) in [7, 11) is -23.3. The van der Waals surface area contributed by atoms with Crippen LogP contribution in [0.15, 0.2) is 0 Å². The van der Waals surface area contributed by atoms with E-state index in [1.54, 1.807) is 0 Å². The van der Waals surface area contributed by atoms with Gasteiger partial charge in [-0.05, 0) is 0 Å². The third-order valence-electron chi connectivity index (χ3n) is 0. The van der Waals surface area contributed by atoms with Gasteiger partial charge in [0.1, 0.15) is 0 Å². The summed E-state index contributed by atoms with van der Waals surface area (Å²) in [4.78, 5) is 0. The van der Waals surface area contributed by atoms with Gasteiger partial charge in [-0.1, -0.05) is 0 Å². The van der Waals surface area contributed by atoms with Gasteiger partial charge >= 0.3 is 165 Å². The normalized spacial score (nSPS) is 8.79. The molecule has 0 atom stereocenters. The molecule has 0 rings (SSSR count). The molecule has 33 heavy (non-hydrogen) atoms. The van der Waals surface area contributed by atoms with Gasteiger partial charge in [0.15, 0.2) is 0 Å². The number of rotatable bonds is 0. The van der Waals surface area contributed by atoms with Crippen LogP contribution in [0.2, 0.25) is 0 Å². The van der Waals surface area contributed by atoms with E-state index >= 15 is 0 Å². The van der Waals surface area contributed by atoms with E-state index in [4.69, 9.17) is 87.6 Å². The van der Waals surface area contributed by atoms with Crippen molar-refractivity contribution in [2.24, 2.45) is 0 Å². The molecule has 0 radical (unpaired) electrons. The van der Waals surface area contributed by atoms with Gasteiger partial charge in [-0.25, -0.2) is 0 Å². The summed E-state index contributed by atoms with van der Waals surface area (Å²) in [5.41, 5.74) is 0. The topological polar surface area (TPSA) is 530 Å². The van der Waals surface area contributed by atoms with E-state index in [2.05, 4.69) is 0 Å². The quantitative estimate of drug-likeness (QED) is 0.0825. The van der Waals surface area contributed by atoms with E-state index in [1.165, 1.54) is 0 Å². The summed E-state index contributed by atoms with van der Waals surface area (Å²) in [5, 5.41) is 0. The molecule has 0 spiro atoms. The molecule has 0 heterocycles. The first-order valence-electron chi connectivity index (χ1n) is 3.49. The second-order valence-corrected chi connectivity index (χ2v) is 6.72. The molecule has 0 aromatic heterocycles. The van der Waals surface area contributed by atoms with Gasteiger partial charge in [0.2, 0.25) is 0 Å². The van der Waals surface area contributed by atoms with Gasteiger partial charge in [0.25, 0.3) is 0 Å². The van der Waals surface area contributed by atoms with Crippen molar-refractivity contribution in [2.75, 3.05) is 0 Å². The average molecular weight is 707 g/mol. The van der Waals surface area contributed by atoms with Gasteiger partial charge < -0.3 is 27.4 Å². The summed E-state index contributed by atoms with van der Waals surface area (Å²) in [5.74, 6) is 0. The second-order valence-electron chi connectivity index (χ2n) is 2.24. The van der Waals surface area contributed by atoms with Crippen molar-refractivity contribution < 1.29 is 115 Å². The Hall–Kier alpha value is 2.93. The molecule has 33 heteroatoms. The Balaban J connectivity index is -0.0000000130. The van der Waals surface area contributed by atoms with Crippen molar-refractivity contribution >= 4 is 165 Å². The maximum absolute atomic E-state index is 8.74. The van der Waals surface area contributed by atoms with Gasteiger partial charge in [0.05, 0.1) is 0 Å². The fourth-order valence-corrected chi connectivity index (χ4v) is 0. The van der Waals surface area contributed by atoms with Crippen LogP contribution < -0.4 is 0 Å². The molecule has 0 aliphatic heterocycles. The van der Waals surface area contributed by atoms with Gasteiger partial charge in [-0.15, -0.1) is 0 Å². The van der Waals surface area contributed by atoms with Crippen LogP contribution in [-0.4, -0.2) is 228 Å². The molecule has 25 nitrogen and oxygen atoms in total. The summed E-state index contributed by atoms with van der Waals surface area (Å²) < 4.78 is 158. The van der Waals surface area contributed by atoms with E-state index in [1.807, 2.05) is 0 Å². The molecular formula is H26Ca3O25S5. The summed E-state index contributed by atoms with van der Waals surface area (Å²) in [6, 6.07) is 0. The average Bonchev–Trinajstić information content (AvgIpc) is 1.79. The van der Waals surface area contributed by atoms with Crippen LogP contribution in [0.1, 0.15) is 0 Å². The van der Waals surface area contributed by atoms with E-state index in [-0.39, 0.29) is 141 Å². The van der Waals surface area contributed by atoms with Gasteiger partial charge in [0, 0.05) is 0 Å². The zero-order chi connectivity index (χ0) is 22.5. The monoisotopic (exact) mass is 706 g/mol. The van der Waals surface area contributed by atoms with E-state index < -0.39 is 52.0 Å². The first-order valence-corrected chi connectivity index (χ1v) is 10.5. The molecular weight excluding hydrogens is 681 g/mol. The Morgan fingerprint density at radius 3 is 0.242 bits per heavy atom. The number of hydrogen-bond donors (Lipinski definition) is 10. The van der Waals surface area contributed by atoms with Gasteiger partial charge in [-0.3, -0.25) is 45.5 Å². The van der Waals surface area contributed by atoms with E-state index in [0.717, 1.165) is 0 Å². The van der Waals surface area contributed by atoms with Crippen LogP contribution >= 0.6 is 0 Å². The summed E-state index contributed by atoms with van der Waals surface area (Å²) >= 11 is 0. The molecule has 0 aliphatic rings. The molecule has 0 saturated heterocycles. The van der Waals surface area contributed by atoms with Crippen molar-refractivity contribution in [3.8, 4) is 0 Å². The summed E-state index contributed by atoms with van der Waals surface area (Å²) in [6.07, 6.45) is 0. The van der Waals surface area contributed by atoms with E-state index in [9.17, 15) is 0 Å². The molecule has 0 amide bonds. The minimum atomic E-state index is -4.67. The van der Waals surface area contributed by atoms with Crippen molar-refractivity contribution in [3.05, 3.63) is 0 Å².